The molecule has 1 saturated carbocycles. The standard InChI is InChI=1S/C28H38N2O/c1-2-30-20-14-23(24-11-3-4-12-25(24)30)10-9-15-27(26-13-5-8-19-29-26)18-21-31-28(22-27)16-6-7-17-28/h3-5,8,11-13,19,23H,2,6-7,9-10,14-18,20-22H2,1H3/t23-,27+/m0/s1. The number of aromatic nitrogens is 1. The molecule has 2 aromatic rings. The monoisotopic (exact) mass is 418 g/mol. The quantitative estimate of drug-likeness (QED) is 0.527. The van der Waals surface area contributed by atoms with Gasteiger partial charge in [-0.25, -0.2) is 0 Å². The molecule has 5 rings (SSSR count). The molecule has 1 aliphatic carbocycles. The van der Waals surface area contributed by atoms with Gasteiger partial charge in [0.25, 0.3) is 0 Å². The van der Waals surface area contributed by atoms with Crippen LogP contribution in [0.25, 0.3) is 0 Å². The maximum absolute atomic E-state index is 6.44. The molecule has 0 unspecified atom stereocenters. The highest BCUT2D eigenvalue weighted by Gasteiger charge is 2.48. The largest absolute Gasteiger partial charge is 0.375 e. The van der Waals surface area contributed by atoms with Gasteiger partial charge in [-0.2, -0.15) is 0 Å². The van der Waals surface area contributed by atoms with Crippen molar-refractivity contribution in [1.82, 2.24) is 4.98 Å². The molecule has 0 N–H and O–H groups in total. The van der Waals surface area contributed by atoms with Crippen LogP contribution in [-0.4, -0.2) is 30.3 Å². The van der Waals surface area contributed by atoms with Gasteiger partial charge in [-0.05, 0) is 81.5 Å². The molecule has 1 aromatic carbocycles. The van der Waals surface area contributed by atoms with E-state index in [2.05, 4.69) is 54.3 Å². The molecule has 0 bridgehead atoms. The zero-order valence-electron chi connectivity index (χ0n) is 19.2. The van der Waals surface area contributed by atoms with Crippen molar-refractivity contribution >= 4 is 5.69 Å². The van der Waals surface area contributed by atoms with E-state index in [4.69, 9.17) is 9.72 Å². The molecule has 3 heterocycles. The Morgan fingerprint density at radius 1 is 1.06 bits per heavy atom. The van der Waals surface area contributed by atoms with E-state index in [9.17, 15) is 0 Å². The summed E-state index contributed by atoms with van der Waals surface area (Å²) in [5.74, 6) is 0.695. The Hall–Kier alpha value is -1.87. The minimum atomic E-state index is 0.120. The molecule has 1 aromatic heterocycles. The first-order chi connectivity index (χ1) is 15.2. The summed E-state index contributed by atoms with van der Waals surface area (Å²) in [5.41, 5.74) is 4.66. The topological polar surface area (TPSA) is 25.4 Å². The van der Waals surface area contributed by atoms with E-state index in [1.165, 1.54) is 75.7 Å². The molecular formula is C28H38N2O. The van der Waals surface area contributed by atoms with Gasteiger partial charge >= 0.3 is 0 Å². The fourth-order valence-electron chi connectivity index (χ4n) is 6.82. The van der Waals surface area contributed by atoms with E-state index in [1.54, 1.807) is 5.56 Å². The maximum Gasteiger partial charge on any atom is 0.0691 e. The van der Waals surface area contributed by atoms with Crippen molar-refractivity contribution < 1.29 is 4.74 Å². The minimum absolute atomic E-state index is 0.120. The number of nitrogens with zero attached hydrogens (tertiary/aromatic N) is 2. The third-order valence-corrected chi connectivity index (χ3v) is 8.43. The van der Waals surface area contributed by atoms with E-state index in [1.807, 2.05) is 6.20 Å². The van der Waals surface area contributed by atoms with Crippen LogP contribution in [0.3, 0.4) is 0 Å². The Morgan fingerprint density at radius 3 is 2.71 bits per heavy atom. The lowest BCUT2D eigenvalue weighted by Gasteiger charge is -2.46. The SMILES string of the molecule is CCN1CC[C@H](CCC[C@@]2(c3ccccn3)CCOC3(CCCC3)C2)c2ccccc21. The molecule has 3 nitrogen and oxygen atoms in total. The first-order valence-electron chi connectivity index (χ1n) is 12.6. The number of benzene rings is 1. The molecule has 2 fully saturated rings. The van der Waals surface area contributed by atoms with Crippen LogP contribution in [0.2, 0.25) is 0 Å². The molecule has 1 saturated heterocycles. The number of ether oxygens (including phenoxy) is 1. The normalized spacial score (nSPS) is 27.4. The molecule has 3 aliphatic rings. The molecule has 0 radical (unpaired) electrons. The summed E-state index contributed by atoms with van der Waals surface area (Å²) in [6.45, 7) is 5.47. The third-order valence-electron chi connectivity index (χ3n) is 8.43. The van der Waals surface area contributed by atoms with Gasteiger partial charge in [0.15, 0.2) is 0 Å². The van der Waals surface area contributed by atoms with Crippen molar-refractivity contribution in [1.29, 1.82) is 0 Å². The average molecular weight is 419 g/mol. The highest BCUT2D eigenvalue weighted by molar-refractivity contribution is 5.57. The number of hydrogen-bond donors (Lipinski definition) is 0. The zero-order valence-corrected chi connectivity index (χ0v) is 19.2. The van der Waals surface area contributed by atoms with Crippen molar-refractivity contribution in [3.63, 3.8) is 0 Å². The number of para-hydroxylation sites is 1. The Bertz CT molecular complexity index is 860. The van der Waals surface area contributed by atoms with Crippen LogP contribution in [-0.2, 0) is 10.2 Å². The van der Waals surface area contributed by atoms with Crippen LogP contribution in [0.1, 0.15) is 88.3 Å². The molecule has 166 valence electrons. The summed E-state index contributed by atoms with van der Waals surface area (Å²) >= 11 is 0. The molecule has 31 heavy (non-hydrogen) atoms. The minimum Gasteiger partial charge on any atom is -0.375 e. The summed E-state index contributed by atoms with van der Waals surface area (Å²) in [4.78, 5) is 7.43. The summed E-state index contributed by atoms with van der Waals surface area (Å²) in [6, 6.07) is 15.6. The van der Waals surface area contributed by atoms with Crippen LogP contribution in [0, 0.1) is 0 Å². The Labute approximate surface area is 188 Å². The van der Waals surface area contributed by atoms with Gasteiger partial charge in [-0.3, -0.25) is 4.98 Å². The predicted octanol–water partition coefficient (Wildman–Crippen LogP) is 6.63. The van der Waals surface area contributed by atoms with Crippen molar-refractivity contribution in [2.24, 2.45) is 0 Å². The molecule has 3 heteroatoms. The summed E-state index contributed by atoms with van der Waals surface area (Å²) < 4.78 is 6.44. The molecular weight excluding hydrogens is 380 g/mol. The van der Waals surface area contributed by atoms with Gasteiger partial charge in [0, 0.05) is 42.7 Å². The van der Waals surface area contributed by atoms with E-state index in [-0.39, 0.29) is 11.0 Å². The van der Waals surface area contributed by atoms with Crippen LogP contribution >= 0.6 is 0 Å². The van der Waals surface area contributed by atoms with Crippen LogP contribution in [0.4, 0.5) is 5.69 Å². The van der Waals surface area contributed by atoms with Crippen LogP contribution in [0.15, 0.2) is 48.7 Å². The molecule has 2 aliphatic heterocycles. The Morgan fingerprint density at radius 2 is 1.90 bits per heavy atom. The van der Waals surface area contributed by atoms with Crippen molar-refractivity contribution in [3.8, 4) is 0 Å². The van der Waals surface area contributed by atoms with Gasteiger partial charge in [-0.15, -0.1) is 0 Å². The fourth-order valence-corrected chi connectivity index (χ4v) is 6.82. The summed E-state index contributed by atoms with van der Waals surface area (Å²) in [5, 5.41) is 0. The third kappa shape index (κ3) is 4.14. The first kappa shape index (κ1) is 21.0. The Balaban J connectivity index is 1.33. The second kappa shape index (κ2) is 8.94. The first-order valence-corrected chi connectivity index (χ1v) is 12.6. The van der Waals surface area contributed by atoms with Gasteiger partial charge < -0.3 is 9.64 Å². The van der Waals surface area contributed by atoms with Gasteiger partial charge in [0.05, 0.1) is 5.60 Å². The second-order valence-corrected chi connectivity index (χ2v) is 10.2. The zero-order chi connectivity index (χ0) is 21.2. The predicted molar refractivity (Wildman–Crippen MR) is 128 cm³/mol. The second-order valence-electron chi connectivity index (χ2n) is 10.2. The number of fused-ring (bicyclic) bond motifs is 1. The summed E-state index contributed by atoms with van der Waals surface area (Å²) in [7, 11) is 0. The maximum atomic E-state index is 6.44. The lowest BCUT2D eigenvalue weighted by Crippen LogP contribution is -2.46. The van der Waals surface area contributed by atoms with Crippen molar-refractivity contribution in [3.05, 3.63) is 59.9 Å². The summed E-state index contributed by atoms with van der Waals surface area (Å²) in [6.07, 6.45) is 14.5. The number of hydrogen-bond acceptors (Lipinski definition) is 3. The van der Waals surface area contributed by atoms with E-state index in [0.29, 0.717) is 5.92 Å². The molecule has 2 atom stereocenters. The average Bonchev–Trinajstić information content (AvgIpc) is 3.27. The van der Waals surface area contributed by atoms with Gasteiger partial charge in [-0.1, -0.05) is 43.5 Å². The highest BCUT2D eigenvalue weighted by Crippen LogP contribution is 2.50. The lowest BCUT2D eigenvalue weighted by molar-refractivity contribution is -0.105. The van der Waals surface area contributed by atoms with Crippen molar-refractivity contribution in [2.75, 3.05) is 24.6 Å². The number of anilines is 1. The molecule has 1 spiro atoms. The van der Waals surface area contributed by atoms with E-state index < -0.39 is 0 Å². The molecule has 0 amide bonds. The van der Waals surface area contributed by atoms with Gasteiger partial charge in [0.1, 0.15) is 0 Å². The van der Waals surface area contributed by atoms with Crippen LogP contribution < -0.4 is 4.90 Å². The highest BCUT2D eigenvalue weighted by atomic mass is 16.5. The van der Waals surface area contributed by atoms with Crippen LogP contribution in [0.5, 0.6) is 0 Å². The lowest BCUT2D eigenvalue weighted by atomic mass is 9.66. The Kier molecular flexibility index (Phi) is 6.05. The fraction of sp³-hybridized carbons (Fsp3) is 0.607. The smallest absolute Gasteiger partial charge is 0.0691 e. The number of rotatable bonds is 6. The van der Waals surface area contributed by atoms with Gasteiger partial charge in [0.2, 0.25) is 0 Å². The van der Waals surface area contributed by atoms with E-state index >= 15 is 0 Å². The number of pyridine rings is 1. The van der Waals surface area contributed by atoms with Crippen molar-refractivity contribution in [2.45, 2.75) is 88.1 Å². The van der Waals surface area contributed by atoms with E-state index in [0.717, 1.165) is 19.6 Å².